The summed E-state index contributed by atoms with van der Waals surface area (Å²) in [4.78, 5) is 32.4. The Morgan fingerprint density at radius 1 is 0.854 bits per heavy atom. The van der Waals surface area contributed by atoms with Crippen molar-refractivity contribution in [2.24, 2.45) is 0 Å². The fourth-order valence-electron chi connectivity index (χ4n) is 4.70. The number of benzene rings is 3. The molecule has 7 nitrogen and oxygen atoms in total. The van der Waals surface area contributed by atoms with Gasteiger partial charge in [0.1, 0.15) is 23.1 Å². The van der Waals surface area contributed by atoms with E-state index in [1.165, 1.54) is 17.0 Å². The Hall–Kier alpha value is -3.66. The molecule has 41 heavy (non-hydrogen) atoms. The van der Waals surface area contributed by atoms with Crippen molar-refractivity contribution >= 4 is 34.7 Å². The largest absolute Gasteiger partial charge is 0.494 e. The number of ether oxygens (including phenoxy) is 2. The molecule has 3 aromatic rings. The number of hydrogen-bond acceptors (Lipinski definition) is 7. The Kier molecular flexibility index (Phi) is 9.71. The number of imide groups is 1. The summed E-state index contributed by atoms with van der Waals surface area (Å²) in [5.41, 5.74) is 1.25. The van der Waals surface area contributed by atoms with Gasteiger partial charge in [-0.25, -0.2) is 9.29 Å². The SMILES string of the molecule is CN1CCN(CCCCCOc2cccc(N3C(=O)S/C(=C\c4ccc(Oc5ccc(F)cc5)cc4)C3=O)c2)CC1. The van der Waals surface area contributed by atoms with Gasteiger partial charge in [-0.1, -0.05) is 18.2 Å². The third-order valence-corrected chi connectivity index (χ3v) is 7.95. The number of carbonyl (C=O) groups is 2. The van der Waals surface area contributed by atoms with Gasteiger partial charge < -0.3 is 19.3 Å². The molecule has 2 amide bonds. The zero-order chi connectivity index (χ0) is 28.6. The van der Waals surface area contributed by atoms with Crippen molar-refractivity contribution in [3.63, 3.8) is 0 Å². The molecular weight excluding hydrogens is 541 g/mol. The lowest BCUT2D eigenvalue weighted by Crippen LogP contribution is -2.44. The molecule has 0 atom stereocenters. The normalized spacial score (nSPS) is 17.4. The Bertz CT molecular complexity index is 1370. The zero-order valence-electron chi connectivity index (χ0n) is 23.1. The first kappa shape index (κ1) is 28.9. The number of piperazine rings is 1. The van der Waals surface area contributed by atoms with Crippen LogP contribution in [0.4, 0.5) is 14.9 Å². The molecule has 0 bridgehead atoms. The Labute approximate surface area is 244 Å². The number of halogens is 1. The lowest BCUT2D eigenvalue weighted by Gasteiger charge is -2.32. The molecule has 214 valence electrons. The summed E-state index contributed by atoms with van der Waals surface area (Å²) >= 11 is 0.909. The van der Waals surface area contributed by atoms with E-state index in [1.54, 1.807) is 60.7 Å². The number of anilines is 1. The molecule has 0 radical (unpaired) electrons. The Balaban J connectivity index is 1.12. The predicted molar refractivity (Wildman–Crippen MR) is 161 cm³/mol. The summed E-state index contributed by atoms with van der Waals surface area (Å²) in [7, 11) is 2.17. The van der Waals surface area contributed by atoms with Crippen LogP contribution in [0.1, 0.15) is 24.8 Å². The average molecular weight is 576 g/mol. The number of likely N-dealkylation sites (N-methyl/N-ethyl adjacent to an activating group) is 1. The number of nitrogens with zero attached hydrogens (tertiary/aromatic N) is 3. The van der Waals surface area contributed by atoms with Crippen LogP contribution in [0.3, 0.4) is 0 Å². The lowest BCUT2D eigenvalue weighted by atomic mass is 10.2. The number of unbranched alkanes of at least 4 members (excludes halogenated alkanes) is 2. The summed E-state index contributed by atoms with van der Waals surface area (Å²) in [5, 5.41) is -0.349. The molecular formula is C32H34FN3O4S. The highest BCUT2D eigenvalue weighted by Crippen LogP contribution is 2.37. The molecule has 3 aromatic carbocycles. The van der Waals surface area contributed by atoms with E-state index in [4.69, 9.17) is 9.47 Å². The second kappa shape index (κ2) is 13.8. The highest BCUT2D eigenvalue weighted by atomic mass is 32.2. The van der Waals surface area contributed by atoms with E-state index in [1.807, 2.05) is 6.07 Å². The second-order valence-corrected chi connectivity index (χ2v) is 11.2. The van der Waals surface area contributed by atoms with Crippen molar-refractivity contribution in [3.05, 3.63) is 89.1 Å². The minimum Gasteiger partial charge on any atom is -0.494 e. The van der Waals surface area contributed by atoms with Crippen molar-refractivity contribution in [2.75, 3.05) is 51.3 Å². The molecule has 0 spiro atoms. The van der Waals surface area contributed by atoms with E-state index in [-0.39, 0.29) is 17.0 Å². The van der Waals surface area contributed by atoms with Gasteiger partial charge in [-0.3, -0.25) is 9.59 Å². The molecule has 2 heterocycles. The first-order valence-corrected chi connectivity index (χ1v) is 14.7. The molecule has 5 rings (SSSR count). The minimum absolute atomic E-state index is 0.330. The van der Waals surface area contributed by atoms with Crippen LogP contribution in [0.5, 0.6) is 17.2 Å². The standard InChI is InChI=1S/C32H34FN3O4S/c1-34-17-19-35(20-18-34)16-3-2-4-21-39-29-7-5-6-26(23-29)36-31(37)30(41-32(36)38)22-24-8-12-27(13-9-24)40-28-14-10-25(33)11-15-28/h5-15,22-23H,2-4,16-21H2,1H3/b30-22-. The number of amides is 2. The van der Waals surface area contributed by atoms with Crippen LogP contribution in [0, 0.1) is 5.82 Å². The summed E-state index contributed by atoms with van der Waals surface area (Å²) in [6.45, 7) is 6.28. The van der Waals surface area contributed by atoms with Crippen molar-refractivity contribution in [1.82, 2.24) is 9.80 Å². The first-order chi connectivity index (χ1) is 19.9. The van der Waals surface area contributed by atoms with Gasteiger partial charge in [0.15, 0.2) is 0 Å². The van der Waals surface area contributed by atoms with Gasteiger partial charge in [0.2, 0.25) is 0 Å². The van der Waals surface area contributed by atoms with Crippen LogP contribution in [-0.4, -0.2) is 67.3 Å². The fraction of sp³-hybridized carbons (Fsp3) is 0.312. The second-order valence-electron chi connectivity index (χ2n) is 10.2. The Morgan fingerprint density at radius 3 is 2.29 bits per heavy atom. The van der Waals surface area contributed by atoms with E-state index < -0.39 is 0 Å². The van der Waals surface area contributed by atoms with Crippen LogP contribution in [-0.2, 0) is 4.79 Å². The molecule has 0 aromatic heterocycles. The highest BCUT2D eigenvalue weighted by Gasteiger charge is 2.36. The topological polar surface area (TPSA) is 62.3 Å². The third-order valence-electron chi connectivity index (χ3n) is 7.08. The molecule has 0 saturated carbocycles. The predicted octanol–water partition coefficient (Wildman–Crippen LogP) is 6.66. The van der Waals surface area contributed by atoms with Crippen LogP contribution >= 0.6 is 11.8 Å². The van der Waals surface area contributed by atoms with E-state index >= 15 is 0 Å². The van der Waals surface area contributed by atoms with Crippen LogP contribution in [0.2, 0.25) is 0 Å². The summed E-state index contributed by atoms with van der Waals surface area (Å²) in [6, 6.07) is 20.0. The average Bonchev–Trinajstić information content (AvgIpc) is 3.26. The summed E-state index contributed by atoms with van der Waals surface area (Å²) < 4.78 is 24.8. The van der Waals surface area contributed by atoms with Crippen molar-refractivity contribution in [2.45, 2.75) is 19.3 Å². The maximum atomic E-state index is 13.2. The minimum atomic E-state index is -0.368. The van der Waals surface area contributed by atoms with Gasteiger partial charge in [0.25, 0.3) is 11.1 Å². The van der Waals surface area contributed by atoms with Gasteiger partial charge in [-0.05, 0) is 105 Å². The van der Waals surface area contributed by atoms with Gasteiger partial charge >= 0.3 is 0 Å². The number of thioether (sulfide) groups is 1. The molecule has 2 aliphatic rings. The Morgan fingerprint density at radius 2 is 1.56 bits per heavy atom. The molecule has 2 saturated heterocycles. The molecule has 2 fully saturated rings. The van der Waals surface area contributed by atoms with Gasteiger partial charge in [-0.15, -0.1) is 0 Å². The molecule has 0 aliphatic carbocycles. The van der Waals surface area contributed by atoms with Crippen molar-refractivity contribution in [3.8, 4) is 17.2 Å². The van der Waals surface area contributed by atoms with Crippen LogP contribution < -0.4 is 14.4 Å². The maximum Gasteiger partial charge on any atom is 0.298 e. The molecule has 0 unspecified atom stereocenters. The zero-order valence-corrected chi connectivity index (χ0v) is 23.9. The van der Waals surface area contributed by atoms with Gasteiger partial charge in [0, 0.05) is 32.2 Å². The molecule has 2 aliphatic heterocycles. The molecule has 0 N–H and O–H groups in total. The lowest BCUT2D eigenvalue weighted by molar-refractivity contribution is -0.113. The van der Waals surface area contributed by atoms with Gasteiger partial charge in [-0.2, -0.15) is 0 Å². The quantitative estimate of drug-likeness (QED) is 0.187. The maximum absolute atomic E-state index is 13.2. The van der Waals surface area contributed by atoms with Crippen LogP contribution in [0.15, 0.2) is 77.7 Å². The first-order valence-electron chi connectivity index (χ1n) is 13.9. The molecule has 9 heteroatoms. The van der Waals surface area contributed by atoms with E-state index in [0.717, 1.165) is 69.3 Å². The number of rotatable bonds is 11. The highest BCUT2D eigenvalue weighted by molar-refractivity contribution is 8.19. The fourth-order valence-corrected chi connectivity index (χ4v) is 5.54. The van der Waals surface area contributed by atoms with Crippen molar-refractivity contribution in [1.29, 1.82) is 0 Å². The smallest absolute Gasteiger partial charge is 0.298 e. The van der Waals surface area contributed by atoms with E-state index in [9.17, 15) is 14.0 Å². The van der Waals surface area contributed by atoms with Crippen molar-refractivity contribution < 1.29 is 23.5 Å². The van der Waals surface area contributed by atoms with E-state index in [0.29, 0.717) is 34.4 Å². The van der Waals surface area contributed by atoms with Crippen LogP contribution in [0.25, 0.3) is 6.08 Å². The van der Waals surface area contributed by atoms with E-state index in [2.05, 4.69) is 16.8 Å². The summed E-state index contributed by atoms with van der Waals surface area (Å²) in [6.07, 6.45) is 4.89. The van der Waals surface area contributed by atoms with Gasteiger partial charge in [0.05, 0.1) is 17.2 Å². The number of carbonyl (C=O) groups excluding carboxylic acids is 2. The third kappa shape index (κ3) is 7.97. The monoisotopic (exact) mass is 575 g/mol. The summed E-state index contributed by atoms with van der Waals surface area (Å²) in [5.74, 6) is 1.04. The number of hydrogen-bond donors (Lipinski definition) is 0.